The number of hydrogen-bond donors (Lipinski definition) is 2. The molecule has 1 heterocycles. The van der Waals surface area contributed by atoms with Gasteiger partial charge in [0.25, 0.3) is 0 Å². The molecule has 1 aliphatic heterocycles. The van der Waals surface area contributed by atoms with Crippen molar-refractivity contribution in [2.75, 3.05) is 6.54 Å². The number of halogens is 1. The Balaban J connectivity index is 0.000000490. The first kappa shape index (κ1) is 7.72. The van der Waals surface area contributed by atoms with Gasteiger partial charge in [-0.3, -0.25) is 4.79 Å². The summed E-state index contributed by atoms with van der Waals surface area (Å²) in [6.45, 7) is 0.750. The van der Waals surface area contributed by atoms with Crippen molar-refractivity contribution in [2.24, 2.45) is 5.73 Å². The van der Waals surface area contributed by atoms with Gasteiger partial charge in [0.1, 0.15) is 0 Å². The lowest BCUT2D eigenvalue weighted by Gasteiger charge is -1.91. The van der Waals surface area contributed by atoms with Gasteiger partial charge in [0.2, 0.25) is 5.91 Å². The molecular formula is C4H9ClN2O. The van der Waals surface area contributed by atoms with Gasteiger partial charge in [-0.15, -0.1) is 12.4 Å². The van der Waals surface area contributed by atoms with Crippen molar-refractivity contribution < 1.29 is 4.79 Å². The molecule has 3 N–H and O–H groups in total. The number of hydrogen-bond acceptors (Lipinski definition) is 2. The van der Waals surface area contributed by atoms with E-state index in [9.17, 15) is 4.79 Å². The first-order chi connectivity index (χ1) is 3.30. The van der Waals surface area contributed by atoms with E-state index < -0.39 is 0 Å². The summed E-state index contributed by atoms with van der Waals surface area (Å²) < 4.78 is 0. The predicted molar refractivity (Wildman–Crippen MR) is 32.9 cm³/mol. The number of carbonyl (C=O) groups is 1. The average molecular weight is 137 g/mol. The molecule has 0 aromatic heterocycles. The highest BCUT2D eigenvalue weighted by atomic mass is 35.5. The second-order valence-corrected chi connectivity index (χ2v) is 1.69. The molecule has 1 fully saturated rings. The summed E-state index contributed by atoms with van der Waals surface area (Å²) in [5, 5.41) is 2.61. The Kier molecular flexibility index (Phi) is 2.79. The molecule has 0 aromatic rings. The standard InChI is InChI=1S/C4H8N2O.ClH/c5-3-1-2-6-4(3)7;/h3H,1-2,5H2,(H,6,7);1H/t3-;/m0./s1. The van der Waals surface area contributed by atoms with Gasteiger partial charge in [0.15, 0.2) is 0 Å². The van der Waals surface area contributed by atoms with Crippen molar-refractivity contribution in [3.8, 4) is 0 Å². The van der Waals surface area contributed by atoms with E-state index in [4.69, 9.17) is 5.73 Å². The third kappa shape index (κ3) is 1.35. The maximum absolute atomic E-state index is 10.3. The van der Waals surface area contributed by atoms with Crippen LogP contribution in [0, 0.1) is 0 Å². The maximum atomic E-state index is 10.3. The molecule has 1 atom stereocenters. The number of nitrogens with two attached hydrogens (primary N) is 1. The Labute approximate surface area is 54.0 Å². The second-order valence-electron chi connectivity index (χ2n) is 1.69. The van der Waals surface area contributed by atoms with Crippen LogP contribution in [0.2, 0.25) is 0 Å². The third-order valence-electron chi connectivity index (χ3n) is 1.09. The summed E-state index contributed by atoms with van der Waals surface area (Å²) in [5.41, 5.74) is 5.27. The zero-order valence-electron chi connectivity index (χ0n) is 4.39. The van der Waals surface area contributed by atoms with E-state index >= 15 is 0 Å². The Bertz CT molecular complexity index is 96.0. The Morgan fingerprint density at radius 3 is 2.50 bits per heavy atom. The van der Waals surface area contributed by atoms with Crippen LogP contribution in [0.1, 0.15) is 6.42 Å². The molecular weight excluding hydrogens is 128 g/mol. The van der Waals surface area contributed by atoms with Gasteiger partial charge < -0.3 is 11.1 Å². The van der Waals surface area contributed by atoms with E-state index in [-0.39, 0.29) is 24.4 Å². The van der Waals surface area contributed by atoms with E-state index in [1.807, 2.05) is 0 Å². The highest BCUT2D eigenvalue weighted by Crippen LogP contribution is 1.92. The Hall–Kier alpha value is -0.280. The SMILES string of the molecule is Cl.N[C@H]1CCNC1=O. The van der Waals surface area contributed by atoms with Gasteiger partial charge in [0.05, 0.1) is 6.04 Å². The number of amides is 1. The minimum Gasteiger partial charge on any atom is -0.355 e. The van der Waals surface area contributed by atoms with E-state index in [1.165, 1.54) is 0 Å². The molecule has 0 saturated carbocycles. The van der Waals surface area contributed by atoms with Gasteiger partial charge in [-0.2, -0.15) is 0 Å². The summed E-state index contributed by atoms with van der Waals surface area (Å²) in [4.78, 5) is 10.3. The van der Waals surface area contributed by atoms with Gasteiger partial charge in [0, 0.05) is 6.54 Å². The van der Waals surface area contributed by atoms with Crippen molar-refractivity contribution in [1.29, 1.82) is 0 Å². The maximum Gasteiger partial charge on any atom is 0.236 e. The van der Waals surface area contributed by atoms with Gasteiger partial charge in [-0.05, 0) is 6.42 Å². The molecule has 0 bridgehead atoms. The fraction of sp³-hybridized carbons (Fsp3) is 0.750. The molecule has 0 radical (unpaired) electrons. The molecule has 3 nitrogen and oxygen atoms in total. The van der Waals surface area contributed by atoms with E-state index in [2.05, 4.69) is 5.32 Å². The Morgan fingerprint density at radius 2 is 2.38 bits per heavy atom. The van der Waals surface area contributed by atoms with Crippen LogP contribution in [0.3, 0.4) is 0 Å². The molecule has 1 saturated heterocycles. The van der Waals surface area contributed by atoms with Crippen LogP contribution in [0.15, 0.2) is 0 Å². The molecule has 1 aliphatic rings. The molecule has 48 valence electrons. The predicted octanol–water partition coefficient (Wildman–Crippen LogP) is -0.745. The monoisotopic (exact) mass is 136 g/mol. The summed E-state index contributed by atoms with van der Waals surface area (Å²) in [6, 6.07) is -0.236. The van der Waals surface area contributed by atoms with Crippen LogP contribution < -0.4 is 11.1 Å². The number of nitrogens with one attached hydrogen (secondary N) is 1. The summed E-state index contributed by atoms with van der Waals surface area (Å²) in [5.74, 6) is -0.0139. The second kappa shape index (κ2) is 2.89. The molecule has 0 unspecified atom stereocenters. The highest BCUT2D eigenvalue weighted by molar-refractivity contribution is 5.85. The molecule has 1 rings (SSSR count). The van der Waals surface area contributed by atoms with Crippen molar-refractivity contribution >= 4 is 18.3 Å². The average Bonchev–Trinajstić information content (AvgIpc) is 1.91. The normalized spacial score (nSPS) is 26.6. The summed E-state index contributed by atoms with van der Waals surface area (Å²) in [6.07, 6.45) is 0.791. The van der Waals surface area contributed by atoms with Crippen LogP contribution in [-0.4, -0.2) is 18.5 Å². The lowest BCUT2D eigenvalue weighted by molar-refractivity contribution is -0.120. The minimum atomic E-state index is -0.236. The molecule has 0 aliphatic carbocycles. The van der Waals surface area contributed by atoms with Gasteiger partial charge >= 0.3 is 0 Å². The lowest BCUT2D eigenvalue weighted by Crippen LogP contribution is -2.29. The first-order valence-electron chi connectivity index (χ1n) is 2.34. The number of rotatable bonds is 0. The zero-order chi connectivity index (χ0) is 5.28. The number of carbonyl (C=O) groups excluding carboxylic acids is 1. The van der Waals surface area contributed by atoms with Crippen LogP contribution in [0.25, 0.3) is 0 Å². The van der Waals surface area contributed by atoms with Crippen LogP contribution in [0.5, 0.6) is 0 Å². The molecule has 0 aromatic carbocycles. The topological polar surface area (TPSA) is 55.1 Å². The fourth-order valence-corrected chi connectivity index (χ4v) is 0.613. The minimum absolute atomic E-state index is 0. The van der Waals surface area contributed by atoms with Gasteiger partial charge in [-0.1, -0.05) is 0 Å². The first-order valence-corrected chi connectivity index (χ1v) is 2.34. The quantitative estimate of drug-likeness (QED) is 0.461. The molecule has 8 heavy (non-hydrogen) atoms. The molecule has 4 heteroatoms. The van der Waals surface area contributed by atoms with E-state index in [1.54, 1.807) is 0 Å². The van der Waals surface area contributed by atoms with Crippen molar-refractivity contribution in [2.45, 2.75) is 12.5 Å². The van der Waals surface area contributed by atoms with Crippen LogP contribution >= 0.6 is 12.4 Å². The van der Waals surface area contributed by atoms with E-state index in [0.29, 0.717) is 0 Å². The van der Waals surface area contributed by atoms with Crippen molar-refractivity contribution in [3.05, 3.63) is 0 Å². The molecule has 0 spiro atoms. The largest absolute Gasteiger partial charge is 0.355 e. The Morgan fingerprint density at radius 1 is 1.75 bits per heavy atom. The van der Waals surface area contributed by atoms with Gasteiger partial charge in [-0.25, -0.2) is 0 Å². The zero-order valence-corrected chi connectivity index (χ0v) is 5.20. The van der Waals surface area contributed by atoms with E-state index in [0.717, 1.165) is 13.0 Å². The highest BCUT2D eigenvalue weighted by Gasteiger charge is 2.18. The third-order valence-corrected chi connectivity index (χ3v) is 1.09. The lowest BCUT2D eigenvalue weighted by atomic mass is 10.3. The summed E-state index contributed by atoms with van der Waals surface area (Å²) in [7, 11) is 0. The summed E-state index contributed by atoms with van der Waals surface area (Å²) >= 11 is 0. The van der Waals surface area contributed by atoms with Crippen LogP contribution in [0.4, 0.5) is 0 Å². The molecule has 1 amide bonds. The van der Waals surface area contributed by atoms with Crippen molar-refractivity contribution in [3.63, 3.8) is 0 Å². The van der Waals surface area contributed by atoms with Crippen molar-refractivity contribution in [1.82, 2.24) is 5.32 Å². The smallest absolute Gasteiger partial charge is 0.236 e. The fourth-order valence-electron chi connectivity index (χ4n) is 0.613. The van der Waals surface area contributed by atoms with Crippen LogP contribution in [-0.2, 0) is 4.79 Å².